The van der Waals surface area contributed by atoms with Gasteiger partial charge in [-0.25, -0.2) is 4.98 Å². The van der Waals surface area contributed by atoms with Crippen molar-refractivity contribution >= 4 is 43.9 Å². The van der Waals surface area contributed by atoms with Gasteiger partial charge in [0.1, 0.15) is 0 Å². The third kappa shape index (κ3) is 2.26. The molecule has 0 bridgehead atoms. The summed E-state index contributed by atoms with van der Waals surface area (Å²) in [7, 11) is 0. The van der Waals surface area contributed by atoms with Gasteiger partial charge in [-0.2, -0.15) is 5.10 Å². The minimum atomic E-state index is 0.443. The molecule has 0 aliphatic rings. The van der Waals surface area contributed by atoms with Crippen LogP contribution in [0.5, 0.6) is 0 Å². The Labute approximate surface area is 130 Å². The van der Waals surface area contributed by atoms with Gasteiger partial charge >= 0.3 is 0 Å². The molecular weight excluding hydrogens is 302 g/mol. The Hall–Kier alpha value is -2.04. The zero-order chi connectivity index (χ0) is 14.2. The van der Waals surface area contributed by atoms with Crippen molar-refractivity contribution in [2.75, 3.05) is 0 Å². The van der Waals surface area contributed by atoms with Crippen molar-refractivity contribution in [3.05, 3.63) is 64.4 Å². The van der Waals surface area contributed by atoms with Gasteiger partial charge in [0.15, 0.2) is 5.15 Å². The van der Waals surface area contributed by atoms with E-state index < -0.39 is 0 Å². The highest BCUT2D eigenvalue weighted by Crippen LogP contribution is 2.27. The third-order valence-electron chi connectivity index (χ3n) is 3.38. The van der Waals surface area contributed by atoms with Gasteiger partial charge in [-0.05, 0) is 12.1 Å². The summed E-state index contributed by atoms with van der Waals surface area (Å²) in [5.74, 6) is 0. The van der Waals surface area contributed by atoms with Crippen LogP contribution in [-0.4, -0.2) is 15.2 Å². The van der Waals surface area contributed by atoms with Gasteiger partial charge in [0.25, 0.3) is 0 Å². The SMILES string of the molecule is Clc1nnc(Cc2nc3ccccc3s2)c2ccccc12. The molecule has 4 rings (SSSR count). The topological polar surface area (TPSA) is 38.7 Å². The molecule has 0 fully saturated rings. The van der Waals surface area contributed by atoms with Crippen molar-refractivity contribution in [2.24, 2.45) is 0 Å². The van der Waals surface area contributed by atoms with Gasteiger partial charge in [-0.3, -0.25) is 0 Å². The molecule has 0 atom stereocenters. The molecule has 0 N–H and O–H groups in total. The standard InChI is InChI=1S/C16H10ClN3S/c17-16-11-6-2-1-5-10(11)13(19-20-16)9-15-18-12-7-3-4-8-14(12)21-15/h1-8H,9H2. The van der Waals surface area contributed by atoms with E-state index in [4.69, 9.17) is 11.6 Å². The van der Waals surface area contributed by atoms with Crippen molar-refractivity contribution in [2.45, 2.75) is 6.42 Å². The van der Waals surface area contributed by atoms with Crippen LogP contribution in [0.2, 0.25) is 5.15 Å². The molecule has 0 saturated heterocycles. The number of halogens is 1. The van der Waals surface area contributed by atoms with E-state index in [1.54, 1.807) is 11.3 Å². The van der Waals surface area contributed by atoms with Crippen LogP contribution in [0.4, 0.5) is 0 Å². The highest BCUT2D eigenvalue weighted by atomic mass is 35.5. The molecule has 0 unspecified atom stereocenters. The summed E-state index contributed by atoms with van der Waals surface area (Å²) in [4.78, 5) is 4.65. The average molecular weight is 312 g/mol. The number of para-hydroxylation sites is 1. The highest BCUT2D eigenvalue weighted by Gasteiger charge is 2.10. The molecular formula is C16H10ClN3S. The zero-order valence-corrected chi connectivity index (χ0v) is 12.5. The fourth-order valence-electron chi connectivity index (χ4n) is 2.40. The van der Waals surface area contributed by atoms with Gasteiger partial charge in [-0.1, -0.05) is 48.0 Å². The maximum atomic E-state index is 6.11. The van der Waals surface area contributed by atoms with Gasteiger partial charge in [0.2, 0.25) is 0 Å². The van der Waals surface area contributed by atoms with Crippen molar-refractivity contribution < 1.29 is 0 Å². The van der Waals surface area contributed by atoms with Crippen molar-refractivity contribution in [3.63, 3.8) is 0 Å². The highest BCUT2D eigenvalue weighted by molar-refractivity contribution is 7.18. The molecule has 0 aliphatic heterocycles. The Morgan fingerprint density at radius 3 is 2.52 bits per heavy atom. The summed E-state index contributed by atoms with van der Waals surface area (Å²) in [6.07, 6.45) is 0.671. The predicted octanol–water partition coefficient (Wildman–Crippen LogP) is 4.48. The van der Waals surface area contributed by atoms with E-state index >= 15 is 0 Å². The number of hydrogen-bond donors (Lipinski definition) is 0. The fourth-order valence-corrected chi connectivity index (χ4v) is 3.57. The Morgan fingerprint density at radius 1 is 0.905 bits per heavy atom. The van der Waals surface area contributed by atoms with E-state index in [-0.39, 0.29) is 0 Å². The molecule has 0 radical (unpaired) electrons. The second-order valence-electron chi connectivity index (χ2n) is 4.74. The monoisotopic (exact) mass is 311 g/mol. The third-order valence-corrected chi connectivity index (χ3v) is 4.69. The van der Waals surface area contributed by atoms with Crippen LogP contribution >= 0.6 is 22.9 Å². The molecule has 4 aromatic rings. The Balaban J connectivity index is 1.82. The second kappa shape index (κ2) is 5.06. The predicted molar refractivity (Wildman–Crippen MR) is 87.0 cm³/mol. The summed E-state index contributed by atoms with van der Waals surface area (Å²) in [5, 5.41) is 11.8. The number of rotatable bonds is 2. The normalized spacial score (nSPS) is 11.3. The van der Waals surface area contributed by atoms with E-state index in [9.17, 15) is 0 Å². The Bertz CT molecular complexity index is 915. The molecule has 2 heterocycles. The zero-order valence-electron chi connectivity index (χ0n) is 11.0. The quantitative estimate of drug-likeness (QED) is 0.547. The Kier molecular flexibility index (Phi) is 3.05. The second-order valence-corrected chi connectivity index (χ2v) is 6.21. The largest absolute Gasteiger partial charge is 0.241 e. The molecule has 3 nitrogen and oxygen atoms in total. The van der Waals surface area contributed by atoms with Crippen LogP contribution in [0.25, 0.3) is 21.0 Å². The smallest absolute Gasteiger partial charge is 0.159 e. The lowest BCUT2D eigenvalue weighted by molar-refractivity contribution is 0.954. The molecule has 102 valence electrons. The maximum absolute atomic E-state index is 6.11. The maximum Gasteiger partial charge on any atom is 0.159 e. The van der Waals surface area contributed by atoms with Crippen molar-refractivity contribution in [3.8, 4) is 0 Å². The molecule has 21 heavy (non-hydrogen) atoms. The minimum absolute atomic E-state index is 0.443. The first-order chi connectivity index (χ1) is 10.3. The van der Waals surface area contributed by atoms with E-state index in [2.05, 4.69) is 21.2 Å². The molecule has 0 aliphatic carbocycles. The van der Waals surface area contributed by atoms with E-state index in [1.807, 2.05) is 42.5 Å². The molecule has 0 saturated carbocycles. The van der Waals surface area contributed by atoms with Crippen LogP contribution in [-0.2, 0) is 6.42 Å². The van der Waals surface area contributed by atoms with Crippen LogP contribution in [0.3, 0.4) is 0 Å². The van der Waals surface area contributed by atoms with Crippen LogP contribution in [0.15, 0.2) is 48.5 Å². The molecule has 0 amide bonds. The summed E-state index contributed by atoms with van der Waals surface area (Å²) in [6, 6.07) is 16.1. The Morgan fingerprint density at radius 2 is 1.67 bits per heavy atom. The number of fused-ring (bicyclic) bond motifs is 2. The first kappa shape index (κ1) is 12.7. The molecule has 5 heteroatoms. The van der Waals surface area contributed by atoms with Gasteiger partial charge in [-0.15, -0.1) is 16.4 Å². The first-order valence-corrected chi connectivity index (χ1v) is 7.75. The van der Waals surface area contributed by atoms with E-state index in [0.717, 1.165) is 27.0 Å². The number of benzene rings is 2. The first-order valence-electron chi connectivity index (χ1n) is 6.55. The number of hydrogen-bond acceptors (Lipinski definition) is 4. The van der Waals surface area contributed by atoms with E-state index in [1.165, 1.54) is 4.70 Å². The average Bonchev–Trinajstić information content (AvgIpc) is 2.93. The van der Waals surface area contributed by atoms with Gasteiger partial charge in [0.05, 0.1) is 20.9 Å². The molecule has 2 aromatic heterocycles. The molecule has 2 aromatic carbocycles. The molecule has 0 spiro atoms. The van der Waals surface area contributed by atoms with Gasteiger partial charge in [0, 0.05) is 17.2 Å². The number of aromatic nitrogens is 3. The lowest BCUT2D eigenvalue weighted by Gasteiger charge is -2.04. The van der Waals surface area contributed by atoms with Crippen molar-refractivity contribution in [1.82, 2.24) is 15.2 Å². The lowest BCUT2D eigenvalue weighted by Crippen LogP contribution is -1.97. The summed E-state index contributed by atoms with van der Waals surface area (Å²) in [6.45, 7) is 0. The minimum Gasteiger partial charge on any atom is -0.241 e. The van der Waals surface area contributed by atoms with Crippen molar-refractivity contribution in [1.29, 1.82) is 0 Å². The summed E-state index contributed by atoms with van der Waals surface area (Å²) in [5.41, 5.74) is 1.94. The summed E-state index contributed by atoms with van der Waals surface area (Å²) >= 11 is 7.80. The fraction of sp³-hybridized carbons (Fsp3) is 0.0625. The van der Waals surface area contributed by atoms with Crippen LogP contribution < -0.4 is 0 Å². The van der Waals surface area contributed by atoms with Crippen LogP contribution in [0.1, 0.15) is 10.7 Å². The number of nitrogens with zero attached hydrogens (tertiary/aromatic N) is 3. The van der Waals surface area contributed by atoms with Crippen LogP contribution in [0, 0.1) is 0 Å². The number of thiazole rings is 1. The van der Waals surface area contributed by atoms with E-state index in [0.29, 0.717) is 11.6 Å². The van der Waals surface area contributed by atoms with Gasteiger partial charge < -0.3 is 0 Å². The lowest BCUT2D eigenvalue weighted by atomic mass is 10.1. The summed E-state index contributed by atoms with van der Waals surface area (Å²) < 4.78 is 1.19.